The summed E-state index contributed by atoms with van der Waals surface area (Å²) in [5.41, 5.74) is 3.13. The van der Waals surface area contributed by atoms with E-state index >= 15 is 0 Å². The summed E-state index contributed by atoms with van der Waals surface area (Å²) in [7, 11) is 0. The highest BCUT2D eigenvalue weighted by atomic mass is 16.5. The van der Waals surface area contributed by atoms with Gasteiger partial charge in [0.05, 0.1) is 5.56 Å². The third-order valence-corrected chi connectivity index (χ3v) is 5.15. The molecule has 124 valence electrons. The molecule has 4 rings (SSSR count). The van der Waals surface area contributed by atoms with E-state index in [0.29, 0.717) is 5.56 Å². The van der Waals surface area contributed by atoms with Crippen LogP contribution in [0.4, 0.5) is 0 Å². The zero-order valence-electron chi connectivity index (χ0n) is 13.9. The van der Waals surface area contributed by atoms with E-state index < -0.39 is 12.1 Å². The molecule has 1 unspecified atom stereocenters. The topological polar surface area (TPSA) is 46.6 Å². The van der Waals surface area contributed by atoms with E-state index in [0.717, 1.165) is 44.2 Å². The van der Waals surface area contributed by atoms with Gasteiger partial charge in [-0.15, -0.1) is 0 Å². The van der Waals surface area contributed by atoms with E-state index in [1.807, 2.05) is 24.3 Å². The first-order valence-electron chi connectivity index (χ1n) is 8.68. The van der Waals surface area contributed by atoms with Gasteiger partial charge >= 0.3 is 5.97 Å². The van der Waals surface area contributed by atoms with Crippen LogP contribution in [0.5, 0.6) is 0 Å². The minimum absolute atomic E-state index is 0.0909. The summed E-state index contributed by atoms with van der Waals surface area (Å²) in [5.74, 6) is -0.502. The number of benzene rings is 2. The molecule has 0 spiro atoms. The summed E-state index contributed by atoms with van der Waals surface area (Å²) in [5, 5.41) is 2.12. The van der Waals surface area contributed by atoms with E-state index in [9.17, 15) is 9.59 Å². The number of hydrogen-bond acceptors (Lipinski definition) is 3. The molecule has 0 bridgehead atoms. The predicted octanol–water partition coefficient (Wildman–Crippen LogP) is 3.11. The number of aryl methyl sites for hydroxylation is 2. The smallest absolute Gasteiger partial charge is 0.339 e. The van der Waals surface area contributed by atoms with Crippen molar-refractivity contribution < 1.29 is 14.3 Å². The van der Waals surface area contributed by atoms with Gasteiger partial charge in [0.25, 0.3) is 5.91 Å². The summed E-state index contributed by atoms with van der Waals surface area (Å²) in [6.07, 6.45) is 3.37. The van der Waals surface area contributed by atoms with Crippen LogP contribution in [-0.4, -0.2) is 36.0 Å². The van der Waals surface area contributed by atoms with E-state index in [-0.39, 0.29) is 5.91 Å². The molecule has 2 aliphatic rings. The molecule has 1 aliphatic heterocycles. The molecule has 0 N–H and O–H groups in total. The van der Waals surface area contributed by atoms with Gasteiger partial charge in [-0.3, -0.25) is 4.79 Å². The van der Waals surface area contributed by atoms with Crippen molar-refractivity contribution in [1.29, 1.82) is 0 Å². The highest BCUT2D eigenvalue weighted by Crippen LogP contribution is 2.33. The Labute approximate surface area is 141 Å². The Morgan fingerprint density at radius 3 is 2.50 bits per heavy atom. The number of nitrogens with zero attached hydrogens (tertiary/aromatic N) is 1. The van der Waals surface area contributed by atoms with Crippen LogP contribution in [0.2, 0.25) is 0 Å². The Hall–Kier alpha value is -2.36. The van der Waals surface area contributed by atoms with E-state index in [1.165, 1.54) is 16.5 Å². The minimum atomic E-state index is -0.737. The SMILES string of the molecule is CC(OC(=O)c1ccc2c3c(cccc13)CC2)C(=O)N1CCCC1. The Bertz CT molecular complexity index is 811. The second-order valence-corrected chi connectivity index (χ2v) is 6.69. The first-order valence-corrected chi connectivity index (χ1v) is 8.68. The highest BCUT2D eigenvalue weighted by Gasteiger charge is 2.27. The third-order valence-electron chi connectivity index (χ3n) is 5.15. The van der Waals surface area contributed by atoms with Gasteiger partial charge in [0.15, 0.2) is 6.10 Å². The third kappa shape index (κ3) is 2.46. The van der Waals surface area contributed by atoms with Crippen LogP contribution >= 0.6 is 0 Å². The highest BCUT2D eigenvalue weighted by molar-refractivity contribution is 6.07. The number of carbonyl (C=O) groups is 2. The number of carbonyl (C=O) groups excluding carboxylic acids is 2. The summed E-state index contributed by atoms with van der Waals surface area (Å²) >= 11 is 0. The van der Waals surface area contributed by atoms with Crippen molar-refractivity contribution in [2.75, 3.05) is 13.1 Å². The van der Waals surface area contributed by atoms with Gasteiger partial charge in [-0.25, -0.2) is 4.79 Å². The molecule has 1 fully saturated rings. The van der Waals surface area contributed by atoms with Crippen LogP contribution in [0.3, 0.4) is 0 Å². The van der Waals surface area contributed by atoms with Crippen molar-refractivity contribution in [2.24, 2.45) is 0 Å². The molecule has 0 radical (unpaired) electrons. The first kappa shape index (κ1) is 15.2. The summed E-state index contributed by atoms with van der Waals surface area (Å²) in [4.78, 5) is 26.8. The van der Waals surface area contributed by atoms with E-state index in [4.69, 9.17) is 4.74 Å². The molecular formula is C20H21NO3. The van der Waals surface area contributed by atoms with Crippen LogP contribution in [0, 0.1) is 0 Å². The Morgan fingerprint density at radius 2 is 1.75 bits per heavy atom. The quantitative estimate of drug-likeness (QED) is 0.816. The van der Waals surface area contributed by atoms with Crippen molar-refractivity contribution in [3.8, 4) is 0 Å². The average Bonchev–Trinajstić information content (AvgIpc) is 3.25. The van der Waals surface area contributed by atoms with Crippen molar-refractivity contribution in [3.63, 3.8) is 0 Å². The Kier molecular flexibility index (Phi) is 3.75. The summed E-state index contributed by atoms with van der Waals surface area (Å²) in [6, 6.07) is 9.93. The normalized spacial score (nSPS) is 17.3. The molecular weight excluding hydrogens is 302 g/mol. The fraction of sp³-hybridized carbons (Fsp3) is 0.400. The number of rotatable bonds is 3. The lowest BCUT2D eigenvalue weighted by Crippen LogP contribution is -2.38. The van der Waals surface area contributed by atoms with Crippen LogP contribution in [0.15, 0.2) is 30.3 Å². The number of esters is 1. The lowest BCUT2D eigenvalue weighted by molar-refractivity contribution is -0.138. The monoisotopic (exact) mass is 323 g/mol. The van der Waals surface area contributed by atoms with Crippen molar-refractivity contribution in [2.45, 2.75) is 38.7 Å². The average molecular weight is 323 g/mol. The second-order valence-electron chi connectivity index (χ2n) is 6.69. The zero-order chi connectivity index (χ0) is 16.7. The number of amides is 1. The molecule has 4 nitrogen and oxygen atoms in total. The van der Waals surface area contributed by atoms with Gasteiger partial charge in [0, 0.05) is 13.1 Å². The standard InChI is InChI=1S/C20H21NO3/c1-13(19(22)21-11-2-3-12-21)24-20(23)17-10-9-15-8-7-14-5-4-6-16(17)18(14)15/h4-6,9-10,13H,2-3,7-8,11-12H2,1H3. The molecule has 0 saturated carbocycles. The van der Waals surface area contributed by atoms with Crippen LogP contribution in [0.25, 0.3) is 10.8 Å². The van der Waals surface area contributed by atoms with E-state index in [2.05, 4.69) is 6.07 Å². The summed E-state index contributed by atoms with van der Waals surface area (Å²) in [6.45, 7) is 3.20. The fourth-order valence-electron chi connectivity index (χ4n) is 3.89. The minimum Gasteiger partial charge on any atom is -0.449 e. The zero-order valence-corrected chi connectivity index (χ0v) is 13.9. The molecule has 2 aromatic carbocycles. The largest absolute Gasteiger partial charge is 0.449 e. The maximum Gasteiger partial charge on any atom is 0.339 e. The molecule has 1 saturated heterocycles. The summed E-state index contributed by atoms with van der Waals surface area (Å²) < 4.78 is 5.49. The van der Waals surface area contributed by atoms with Gasteiger partial charge in [0.2, 0.25) is 0 Å². The van der Waals surface area contributed by atoms with Crippen molar-refractivity contribution >= 4 is 22.6 Å². The fourth-order valence-corrected chi connectivity index (χ4v) is 3.89. The number of likely N-dealkylation sites (tertiary alicyclic amines) is 1. The lowest BCUT2D eigenvalue weighted by Gasteiger charge is -2.20. The Morgan fingerprint density at radius 1 is 1.04 bits per heavy atom. The van der Waals surface area contributed by atoms with E-state index in [1.54, 1.807) is 11.8 Å². The molecule has 1 amide bonds. The molecule has 2 aromatic rings. The van der Waals surface area contributed by atoms with Crippen LogP contribution < -0.4 is 0 Å². The molecule has 4 heteroatoms. The maximum absolute atomic E-state index is 12.6. The van der Waals surface area contributed by atoms with Gasteiger partial charge in [-0.2, -0.15) is 0 Å². The maximum atomic E-state index is 12.6. The number of ether oxygens (including phenoxy) is 1. The van der Waals surface area contributed by atoms with Crippen LogP contribution in [0.1, 0.15) is 41.3 Å². The van der Waals surface area contributed by atoms with Gasteiger partial charge in [-0.05, 0) is 60.6 Å². The molecule has 0 aromatic heterocycles. The predicted molar refractivity (Wildman–Crippen MR) is 92.0 cm³/mol. The molecule has 1 heterocycles. The molecule has 24 heavy (non-hydrogen) atoms. The Balaban J connectivity index is 1.59. The van der Waals surface area contributed by atoms with Crippen molar-refractivity contribution in [1.82, 2.24) is 4.90 Å². The van der Waals surface area contributed by atoms with Gasteiger partial charge in [-0.1, -0.05) is 24.3 Å². The van der Waals surface area contributed by atoms with Gasteiger partial charge < -0.3 is 9.64 Å². The molecule has 1 aliphatic carbocycles. The van der Waals surface area contributed by atoms with Crippen molar-refractivity contribution in [3.05, 3.63) is 47.0 Å². The second kappa shape index (κ2) is 5.93. The first-order chi connectivity index (χ1) is 11.6. The lowest BCUT2D eigenvalue weighted by atomic mass is 10.00. The number of hydrogen-bond donors (Lipinski definition) is 0. The van der Waals surface area contributed by atoms with Gasteiger partial charge in [0.1, 0.15) is 0 Å². The molecule has 1 atom stereocenters. The van der Waals surface area contributed by atoms with Crippen LogP contribution in [-0.2, 0) is 22.4 Å².